The minimum Gasteiger partial charge on any atom is -0.380 e. The first-order valence-electron chi connectivity index (χ1n) is 5.58. The van der Waals surface area contributed by atoms with Gasteiger partial charge in [0.15, 0.2) is 0 Å². The molecular weight excluding hydrogens is 256 g/mol. The molecule has 3 atom stereocenters. The van der Waals surface area contributed by atoms with Crippen molar-refractivity contribution >= 4 is 16.5 Å². The summed E-state index contributed by atoms with van der Waals surface area (Å²) in [6.45, 7) is 0.958. The molecule has 1 saturated heterocycles. The maximum atomic E-state index is 12.3. The quantitative estimate of drug-likeness (QED) is 0.648. The average molecular weight is 270 g/mol. The Morgan fingerprint density at radius 2 is 2.06 bits per heavy atom. The maximum Gasteiger partial charge on any atom is 0.269 e. The summed E-state index contributed by atoms with van der Waals surface area (Å²) in [7, 11) is -1.29. The highest BCUT2D eigenvalue weighted by molar-refractivity contribution is 7.85. The number of rotatable bonds is 3. The molecule has 0 bridgehead atoms. The first-order valence-corrected chi connectivity index (χ1v) is 6.79. The summed E-state index contributed by atoms with van der Waals surface area (Å²) in [4.78, 5) is 10.6. The molecule has 0 aliphatic carbocycles. The van der Waals surface area contributed by atoms with E-state index in [0.29, 0.717) is 24.5 Å². The van der Waals surface area contributed by atoms with E-state index >= 15 is 0 Å². The molecule has 0 radical (unpaired) electrons. The van der Waals surface area contributed by atoms with E-state index in [-0.39, 0.29) is 17.0 Å². The Labute approximate surface area is 107 Å². The zero-order chi connectivity index (χ0) is 13.1. The second-order valence-electron chi connectivity index (χ2n) is 4.11. The smallest absolute Gasteiger partial charge is 0.269 e. The Kier molecular flexibility index (Phi) is 4.05. The molecule has 2 N–H and O–H groups in total. The molecule has 1 heterocycles. The largest absolute Gasteiger partial charge is 0.380 e. The number of benzene rings is 1. The highest BCUT2D eigenvalue weighted by Crippen LogP contribution is 2.20. The van der Waals surface area contributed by atoms with E-state index in [2.05, 4.69) is 0 Å². The zero-order valence-corrected chi connectivity index (χ0v) is 10.5. The van der Waals surface area contributed by atoms with Crippen LogP contribution in [0.4, 0.5) is 5.69 Å². The van der Waals surface area contributed by atoms with Crippen LogP contribution >= 0.6 is 0 Å². The molecule has 1 fully saturated rings. The Balaban J connectivity index is 2.15. The summed E-state index contributed by atoms with van der Waals surface area (Å²) < 4.78 is 17.5. The summed E-state index contributed by atoms with van der Waals surface area (Å²) in [6.07, 6.45) is 0.684. The van der Waals surface area contributed by atoms with Gasteiger partial charge in [-0.2, -0.15) is 0 Å². The van der Waals surface area contributed by atoms with Gasteiger partial charge in [-0.3, -0.25) is 14.3 Å². The van der Waals surface area contributed by atoms with Crippen molar-refractivity contribution in [1.82, 2.24) is 0 Å². The van der Waals surface area contributed by atoms with Crippen molar-refractivity contribution < 1.29 is 13.9 Å². The van der Waals surface area contributed by atoms with Gasteiger partial charge in [-0.25, -0.2) is 0 Å². The van der Waals surface area contributed by atoms with E-state index in [1.807, 2.05) is 0 Å². The third kappa shape index (κ3) is 2.74. The van der Waals surface area contributed by atoms with Gasteiger partial charge in [0, 0.05) is 29.7 Å². The van der Waals surface area contributed by atoms with Crippen molar-refractivity contribution in [2.24, 2.45) is 5.73 Å². The van der Waals surface area contributed by atoms with Gasteiger partial charge in [0.25, 0.3) is 5.69 Å². The Morgan fingerprint density at radius 1 is 1.39 bits per heavy atom. The van der Waals surface area contributed by atoms with E-state index in [0.717, 1.165) is 0 Å². The van der Waals surface area contributed by atoms with E-state index in [1.54, 1.807) is 0 Å². The topological polar surface area (TPSA) is 95.5 Å². The Bertz CT molecular complexity index is 463. The molecule has 0 spiro atoms. The SMILES string of the molecule is NC1CCOCC1S(=O)c1ccc([N+](=O)[O-])cc1. The van der Waals surface area contributed by atoms with Crippen molar-refractivity contribution in [1.29, 1.82) is 0 Å². The third-order valence-electron chi connectivity index (χ3n) is 2.91. The van der Waals surface area contributed by atoms with Gasteiger partial charge < -0.3 is 10.5 Å². The number of nitro groups is 1. The molecular formula is C11H14N2O4S. The van der Waals surface area contributed by atoms with Gasteiger partial charge in [0.1, 0.15) is 0 Å². The number of hydrogen-bond donors (Lipinski definition) is 1. The number of nitro benzene ring substituents is 1. The molecule has 98 valence electrons. The van der Waals surface area contributed by atoms with Crippen LogP contribution in [0.5, 0.6) is 0 Å². The van der Waals surface area contributed by atoms with Crippen molar-refractivity contribution in [2.45, 2.75) is 22.6 Å². The summed E-state index contributed by atoms with van der Waals surface area (Å²) in [6, 6.07) is 5.56. The number of hydrogen-bond acceptors (Lipinski definition) is 5. The molecule has 1 aromatic carbocycles. The van der Waals surface area contributed by atoms with Crippen LogP contribution in [0.2, 0.25) is 0 Å². The van der Waals surface area contributed by atoms with E-state index in [1.165, 1.54) is 24.3 Å². The van der Waals surface area contributed by atoms with Gasteiger partial charge in [-0.1, -0.05) is 0 Å². The van der Waals surface area contributed by atoms with Crippen molar-refractivity contribution in [3.8, 4) is 0 Å². The molecule has 0 aromatic heterocycles. The fourth-order valence-electron chi connectivity index (χ4n) is 1.83. The Morgan fingerprint density at radius 3 is 2.61 bits per heavy atom. The number of nitrogens with zero attached hydrogens (tertiary/aromatic N) is 1. The van der Waals surface area contributed by atoms with E-state index in [9.17, 15) is 14.3 Å². The van der Waals surface area contributed by atoms with E-state index < -0.39 is 15.7 Å². The van der Waals surface area contributed by atoms with Crippen LogP contribution in [0.3, 0.4) is 0 Å². The van der Waals surface area contributed by atoms with Crippen LogP contribution in [0.1, 0.15) is 6.42 Å². The normalized spacial score (nSPS) is 25.6. The van der Waals surface area contributed by atoms with Gasteiger partial charge in [0.2, 0.25) is 0 Å². The number of non-ortho nitro benzene ring substituents is 1. The third-order valence-corrected chi connectivity index (χ3v) is 4.68. The van der Waals surface area contributed by atoms with Gasteiger partial charge in [-0.15, -0.1) is 0 Å². The predicted molar refractivity (Wildman–Crippen MR) is 66.7 cm³/mol. The second kappa shape index (κ2) is 5.55. The molecule has 7 heteroatoms. The van der Waals surface area contributed by atoms with Gasteiger partial charge in [0.05, 0.1) is 27.6 Å². The summed E-state index contributed by atoms with van der Waals surface area (Å²) >= 11 is 0. The van der Waals surface area contributed by atoms with Crippen LogP contribution < -0.4 is 5.73 Å². The van der Waals surface area contributed by atoms with E-state index in [4.69, 9.17) is 10.5 Å². The lowest BCUT2D eigenvalue weighted by atomic mass is 10.1. The van der Waals surface area contributed by atoms with Crippen LogP contribution in [0.25, 0.3) is 0 Å². The van der Waals surface area contributed by atoms with Gasteiger partial charge in [-0.05, 0) is 18.6 Å². The second-order valence-corrected chi connectivity index (χ2v) is 5.79. The highest BCUT2D eigenvalue weighted by Gasteiger charge is 2.28. The lowest BCUT2D eigenvalue weighted by Crippen LogP contribution is -2.45. The van der Waals surface area contributed by atoms with Crippen molar-refractivity contribution in [2.75, 3.05) is 13.2 Å². The molecule has 1 aliphatic heterocycles. The highest BCUT2D eigenvalue weighted by atomic mass is 32.2. The monoisotopic (exact) mass is 270 g/mol. The summed E-state index contributed by atoms with van der Waals surface area (Å²) in [5.74, 6) is 0. The first-order chi connectivity index (χ1) is 8.59. The standard InChI is InChI=1S/C11H14N2O4S/c12-10-5-6-17-7-11(10)18(16)9-3-1-8(2-4-9)13(14)15/h1-4,10-11H,5-7,12H2. The molecule has 0 saturated carbocycles. The lowest BCUT2D eigenvalue weighted by Gasteiger charge is -2.27. The molecule has 1 aromatic rings. The Hall–Kier alpha value is -1.31. The van der Waals surface area contributed by atoms with Crippen LogP contribution in [-0.4, -0.2) is 33.6 Å². The lowest BCUT2D eigenvalue weighted by molar-refractivity contribution is -0.384. The molecule has 18 heavy (non-hydrogen) atoms. The molecule has 0 amide bonds. The zero-order valence-electron chi connectivity index (χ0n) is 9.65. The molecule has 6 nitrogen and oxygen atoms in total. The molecule has 2 rings (SSSR count). The predicted octanol–water partition coefficient (Wildman–Crippen LogP) is 0.819. The van der Waals surface area contributed by atoms with Crippen LogP contribution in [0.15, 0.2) is 29.2 Å². The van der Waals surface area contributed by atoms with Crippen LogP contribution in [0, 0.1) is 10.1 Å². The molecule has 3 unspecified atom stereocenters. The molecule has 1 aliphatic rings. The number of ether oxygens (including phenoxy) is 1. The van der Waals surface area contributed by atoms with Crippen molar-refractivity contribution in [3.05, 3.63) is 34.4 Å². The number of nitrogens with two attached hydrogens (primary N) is 1. The first kappa shape index (κ1) is 13.1. The fraction of sp³-hybridized carbons (Fsp3) is 0.455. The summed E-state index contributed by atoms with van der Waals surface area (Å²) in [5, 5.41) is 10.3. The van der Waals surface area contributed by atoms with Crippen molar-refractivity contribution in [3.63, 3.8) is 0 Å². The summed E-state index contributed by atoms with van der Waals surface area (Å²) in [5.41, 5.74) is 5.90. The minimum atomic E-state index is -1.29. The minimum absolute atomic E-state index is 0.0139. The van der Waals surface area contributed by atoms with Crippen LogP contribution in [-0.2, 0) is 15.5 Å². The average Bonchev–Trinajstić information content (AvgIpc) is 2.38. The fourth-order valence-corrected chi connectivity index (χ4v) is 3.25. The maximum absolute atomic E-state index is 12.3. The van der Waals surface area contributed by atoms with Gasteiger partial charge >= 0.3 is 0 Å².